The Morgan fingerprint density at radius 3 is 2.71 bits per heavy atom. The lowest BCUT2D eigenvalue weighted by atomic mass is 10.1. The molecule has 2 N–H and O–H groups in total. The molecule has 110 valence electrons. The summed E-state index contributed by atoms with van der Waals surface area (Å²) in [7, 11) is 0. The van der Waals surface area contributed by atoms with Crippen molar-refractivity contribution in [3.05, 3.63) is 54.1 Å². The second-order valence-corrected chi connectivity index (χ2v) is 5.46. The normalized spacial score (nSPS) is 14.4. The van der Waals surface area contributed by atoms with Gasteiger partial charge in [-0.1, -0.05) is 30.3 Å². The number of ether oxygens (including phenoxy) is 1. The van der Waals surface area contributed by atoms with Crippen molar-refractivity contribution in [2.75, 3.05) is 30.3 Å². The Balaban J connectivity index is 1.64. The highest BCUT2D eigenvalue weighted by atomic mass is 16.5. The molecule has 0 amide bonds. The van der Waals surface area contributed by atoms with Gasteiger partial charge in [-0.25, -0.2) is 0 Å². The maximum atomic E-state index is 5.90. The molecule has 0 radical (unpaired) electrons. The van der Waals surface area contributed by atoms with Gasteiger partial charge in [-0.15, -0.1) is 0 Å². The van der Waals surface area contributed by atoms with Crippen LogP contribution in [-0.4, -0.2) is 19.7 Å². The van der Waals surface area contributed by atoms with Gasteiger partial charge >= 0.3 is 0 Å². The molecule has 3 heteroatoms. The van der Waals surface area contributed by atoms with E-state index in [-0.39, 0.29) is 0 Å². The molecule has 0 unspecified atom stereocenters. The minimum Gasteiger partial charge on any atom is -0.490 e. The zero-order valence-electron chi connectivity index (χ0n) is 12.3. The van der Waals surface area contributed by atoms with Crippen LogP contribution in [0.4, 0.5) is 11.4 Å². The molecule has 1 heterocycles. The summed E-state index contributed by atoms with van der Waals surface area (Å²) in [5, 5.41) is 0. The SMILES string of the molecule is Nc1ccccc1OCCN1CCCCc2ccccc21. The fourth-order valence-electron chi connectivity index (χ4n) is 2.88. The van der Waals surface area contributed by atoms with E-state index in [1.54, 1.807) is 0 Å². The van der Waals surface area contributed by atoms with Crippen LogP contribution in [0.1, 0.15) is 18.4 Å². The number of hydrogen-bond donors (Lipinski definition) is 1. The van der Waals surface area contributed by atoms with Gasteiger partial charge in [-0.05, 0) is 43.0 Å². The number of anilines is 2. The van der Waals surface area contributed by atoms with Crippen LogP contribution in [0.25, 0.3) is 0 Å². The smallest absolute Gasteiger partial charge is 0.142 e. The van der Waals surface area contributed by atoms with Crippen LogP contribution in [0.3, 0.4) is 0 Å². The number of benzene rings is 2. The Morgan fingerprint density at radius 1 is 1.00 bits per heavy atom. The first kappa shape index (κ1) is 13.8. The minimum absolute atomic E-state index is 0.655. The molecule has 0 saturated carbocycles. The molecular formula is C18H22N2O. The van der Waals surface area contributed by atoms with Crippen LogP contribution in [0.2, 0.25) is 0 Å². The first-order valence-electron chi connectivity index (χ1n) is 7.65. The van der Waals surface area contributed by atoms with E-state index in [0.717, 1.165) is 18.8 Å². The molecule has 3 nitrogen and oxygen atoms in total. The van der Waals surface area contributed by atoms with Gasteiger partial charge in [0.25, 0.3) is 0 Å². The molecule has 0 bridgehead atoms. The highest BCUT2D eigenvalue weighted by Crippen LogP contribution is 2.26. The fraction of sp³-hybridized carbons (Fsp3) is 0.333. The number of para-hydroxylation sites is 3. The largest absolute Gasteiger partial charge is 0.490 e. The lowest BCUT2D eigenvalue weighted by Crippen LogP contribution is -2.29. The van der Waals surface area contributed by atoms with E-state index in [1.165, 1.54) is 30.5 Å². The average Bonchev–Trinajstić information content (AvgIpc) is 2.72. The van der Waals surface area contributed by atoms with Crippen molar-refractivity contribution in [3.8, 4) is 5.75 Å². The zero-order chi connectivity index (χ0) is 14.5. The molecule has 0 aromatic heterocycles. The summed E-state index contributed by atoms with van der Waals surface area (Å²) in [6.07, 6.45) is 3.68. The molecule has 0 spiro atoms. The van der Waals surface area contributed by atoms with Crippen molar-refractivity contribution in [2.45, 2.75) is 19.3 Å². The number of hydrogen-bond acceptors (Lipinski definition) is 3. The third kappa shape index (κ3) is 3.30. The highest BCUT2D eigenvalue weighted by Gasteiger charge is 2.14. The lowest BCUT2D eigenvalue weighted by molar-refractivity contribution is 0.325. The maximum Gasteiger partial charge on any atom is 0.142 e. The summed E-state index contributed by atoms with van der Waals surface area (Å²) in [5.74, 6) is 0.778. The van der Waals surface area contributed by atoms with E-state index in [1.807, 2.05) is 24.3 Å². The topological polar surface area (TPSA) is 38.5 Å². The summed E-state index contributed by atoms with van der Waals surface area (Å²) in [4.78, 5) is 2.43. The van der Waals surface area contributed by atoms with E-state index in [9.17, 15) is 0 Å². The summed E-state index contributed by atoms with van der Waals surface area (Å²) >= 11 is 0. The Bertz CT molecular complexity index is 597. The van der Waals surface area contributed by atoms with E-state index in [2.05, 4.69) is 29.2 Å². The summed E-state index contributed by atoms with van der Waals surface area (Å²) in [6.45, 7) is 2.65. The van der Waals surface area contributed by atoms with Gasteiger partial charge in [-0.2, -0.15) is 0 Å². The van der Waals surface area contributed by atoms with Crippen LogP contribution in [0.15, 0.2) is 48.5 Å². The second kappa shape index (κ2) is 6.53. The Hall–Kier alpha value is -2.16. The summed E-state index contributed by atoms with van der Waals surface area (Å²) in [5.41, 5.74) is 9.42. The van der Waals surface area contributed by atoms with E-state index in [0.29, 0.717) is 12.3 Å². The maximum absolute atomic E-state index is 5.90. The quantitative estimate of drug-likeness (QED) is 0.872. The van der Waals surface area contributed by atoms with Crippen molar-refractivity contribution in [3.63, 3.8) is 0 Å². The molecule has 0 aliphatic carbocycles. The monoisotopic (exact) mass is 282 g/mol. The van der Waals surface area contributed by atoms with Gasteiger partial charge in [0.2, 0.25) is 0 Å². The number of nitrogens with zero attached hydrogens (tertiary/aromatic N) is 1. The van der Waals surface area contributed by atoms with Crippen molar-refractivity contribution >= 4 is 11.4 Å². The molecule has 0 saturated heterocycles. The number of nitrogen functional groups attached to an aromatic ring is 1. The molecule has 3 rings (SSSR count). The molecule has 1 aliphatic rings. The third-order valence-electron chi connectivity index (χ3n) is 3.99. The molecule has 2 aromatic carbocycles. The number of fused-ring (bicyclic) bond motifs is 1. The predicted octanol–water partition coefficient (Wildman–Crippen LogP) is 3.49. The van der Waals surface area contributed by atoms with Gasteiger partial charge in [0, 0.05) is 12.2 Å². The fourth-order valence-corrected chi connectivity index (χ4v) is 2.88. The van der Waals surface area contributed by atoms with Crippen molar-refractivity contribution in [1.82, 2.24) is 0 Å². The van der Waals surface area contributed by atoms with Gasteiger partial charge in [0.05, 0.1) is 12.2 Å². The summed E-state index contributed by atoms with van der Waals surface area (Å²) in [6, 6.07) is 16.4. The van der Waals surface area contributed by atoms with Crippen LogP contribution >= 0.6 is 0 Å². The summed E-state index contributed by atoms with van der Waals surface area (Å²) < 4.78 is 5.83. The first-order chi connectivity index (χ1) is 10.3. The molecule has 0 fully saturated rings. The standard InChI is InChI=1S/C18H22N2O/c19-16-9-2-4-11-18(16)21-14-13-20-12-6-5-8-15-7-1-3-10-17(15)20/h1-4,7,9-11H,5-6,8,12-14,19H2. The number of nitrogens with two attached hydrogens (primary N) is 1. The zero-order valence-corrected chi connectivity index (χ0v) is 12.3. The lowest BCUT2D eigenvalue weighted by Gasteiger charge is -2.25. The van der Waals surface area contributed by atoms with E-state index < -0.39 is 0 Å². The van der Waals surface area contributed by atoms with E-state index >= 15 is 0 Å². The van der Waals surface area contributed by atoms with Crippen LogP contribution in [0.5, 0.6) is 5.75 Å². The molecule has 21 heavy (non-hydrogen) atoms. The third-order valence-corrected chi connectivity index (χ3v) is 3.99. The number of rotatable bonds is 4. The number of aryl methyl sites for hydroxylation is 1. The Morgan fingerprint density at radius 2 is 1.81 bits per heavy atom. The van der Waals surface area contributed by atoms with Crippen LogP contribution in [-0.2, 0) is 6.42 Å². The Labute approximate surface area is 126 Å². The highest BCUT2D eigenvalue weighted by molar-refractivity contribution is 5.54. The molecule has 2 aromatic rings. The van der Waals surface area contributed by atoms with Crippen molar-refractivity contribution in [2.24, 2.45) is 0 Å². The van der Waals surface area contributed by atoms with Crippen LogP contribution in [0, 0.1) is 0 Å². The van der Waals surface area contributed by atoms with Crippen molar-refractivity contribution < 1.29 is 4.74 Å². The Kier molecular flexibility index (Phi) is 4.29. The first-order valence-corrected chi connectivity index (χ1v) is 7.65. The van der Waals surface area contributed by atoms with E-state index in [4.69, 9.17) is 10.5 Å². The van der Waals surface area contributed by atoms with Gasteiger partial charge in [0.15, 0.2) is 0 Å². The average molecular weight is 282 g/mol. The van der Waals surface area contributed by atoms with Gasteiger partial charge in [-0.3, -0.25) is 0 Å². The van der Waals surface area contributed by atoms with Gasteiger partial charge in [0.1, 0.15) is 12.4 Å². The predicted molar refractivity (Wildman–Crippen MR) is 87.9 cm³/mol. The molecular weight excluding hydrogens is 260 g/mol. The van der Waals surface area contributed by atoms with Gasteiger partial charge < -0.3 is 15.4 Å². The van der Waals surface area contributed by atoms with Crippen LogP contribution < -0.4 is 15.4 Å². The second-order valence-electron chi connectivity index (χ2n) is 5.46. The minimum atomic E-state index is 0.655. The molecule has 1 aliphatic heterocycles. The van der Waals surface area contributed by atoms with Crippen molar-refractivity contribution in [1.29, 1.82) is 0 Å². The molecule has 0 atom stereocenters.